The molecule has 0 saturated heterocycles. The fraction of sp³-hybridized carbons (Fsp3) is 0.300. The van der Waals surface area contributed by atoms with Gasteiger partial charge in [-0.05, 0) is 18.6 Å². The minimum Gasteiger partial charge on any atom is -0.395 e. The molecule has 2 aromatic rings. The average Bonchev–Trinajstić information content (AvgIpc) is 2.45. The van der Waals surface area contributed by atoms with Crippen molar-refractivity contribution in [1.29, 1.82) is 0 Å². The van der Waals surface area contributed by atoms with E-state index < -0.39 is 0 Å². The number of benzene rings is 1. The van der Waals surface area contributed by atoms with Crippen LogP contribution in [0.3, 0.4) is 0 Å². The van der Waals surface area contributed by atoms with Crippen molar-refractivity contribution in [2.75, 3.05) is 12.3 Å². The van der Waals surface area contributed by atoms with Crippen molar-refractivity contribution in [2.45, 2.75) is 13.5 Å². The summed E-state index contributed by atoms with van der Waals surface area (Å²) in [6, 6.07) is 5.89. The Bertz CT molecular complexity index is 462. The standard InChI is InChI=1S/C10H13N3O/c1-7-3-2-4-8-9(7)13(5-6-14)10(11)12-8/h2-4,14H,5-6H2,1H3,(H2,11,12). The molecule has 4 nitrogen and oxygen atoms in total. The van der Waals surface area contributed by atoms with Crippen molar-refractivity contribution in [3.05, 3.63) is 23.8 Å². The van der Waals surface area contributed by atoms with Crippen molar-refractivity contribution in [1.82, 2.24) is 9.55 Å². The fourth-order valence-electron chi connectivity index (χ4n) is 1.71. The predicted molar refractivity (Wildman–Crippen MR) is 56.0 cm³/mol. The van der Waals surface area contributed by atoms with E-state index in [9.17, 15) is 0 Å². The fourth-order valence-corrected chi connectivity index (χ4v) is 1.71. The molecule has 3 N–H and O–H groups in total. The molecule has 0 spiro atoms. The van der Waals surface area contributed by atoms with Crippen LogP contribution >= 0.6 is 0 Å². The summed E-state index contributed by atoms with van der Waals surface area (Å²) in [5.41, 5.74) is 8.77. The smallest absolute Gasteiger partial charge is 0.201 e. The SMILES string of the molecule is Cc1cccc2nc(N)n(CCO)c12. The van der Waals surface area contributed by atoms with Crippen LogP contribution in [0.1, 0.15) is 5.56 Å². The molecule has 1 aromatic heterocycles. The lowest BCUT2D eigenvalue weighted by molar-refractivity contribution is 0.278. The van der Waals surface area contributed by atoms with Gasteiger partial charge in [0, 0.05) is 6.54 Å². The molecule has 0 radical (unpaired) electrons. The number of rotatable bonds is 2. The van der Waals surface area contributed by atoms with Gasteiger partial charge in [-0.25, -0.2) is 4.98 Å². The van der Waals surface area contributed by atoms with Gasteiger partial charge < -0.3 is 15.4 Å². The summed E-state index contributed by atoms with van der Waals surface area (Å²) < 4.78 is 1.84. The van der Waals surface area contributed by atoms with Gasteiger partial charge in [0.05, 0.1) is 17.6 Å². The molecule has 0 amide bonds. The highest BCUT2D eigenvalue weighted by Crippen LogP contribution is 2.20. The van der Waals surface area contributed by atoms with E-state index in [1.807, 2.05) is 29.7 Å². The topological polar surface area (TPSA) is 64.1 Å². The number of imidazole rings is 1. The van der Waals surface area contributed by atoms with Crippen LogP contribution in [-0.2, 0) is 6.54 Å². The highest BCUT2D eigenvalue weighted by Gasteiger charge is 2.08. The largest absolute Gasteiger partial charge is 0.395 e. The average molecular weight is 191 g/mol. The molecule has 0 aliphatic carbocycles. The summed E-state index contributed by atoms with van der Waals surface area (Å²) in [5.74, 6) is 0.461. The number of aliphatic hydroxyl groups is 1. The minimum atomic E-state index is 0.0734. The van der Waals surface area contributed by atoms with E-state index in [0.717, 1.165) is 16.6 Å². The number of nitrogens with zero attached hydrogens (tertiary/aromatic N) is 2. The van der Waals surface area contributed by atoms with Crippen LogP contribution in [0, 0.1) is 6.92 Å². The number of fused-ring (bicyclic) bond motifs is 1. The number of aromatic nitrogens is 2. The molecule has 0 aliphatic heterocycles. The van der Waals surface area contributed by atoms with E-state index in [0.29, 0.717) is 12.5 Å². The van der Waals surface area contributed by atoms with E-state index in [4.69, 9.17) is 10.8 Å². The summed E-state index contributed by atoms with van der Waals surface area (Å²) in [6.45, 7) is 2.58. The van der Waals surface area contributed by atoms with E-state index in [-0.39, 0.29) is 6.61 Å². The van der Waals surface area contributed by atoms with Crippen molar-refractivity contribution in [2.24, 2.45) is 0 Å². The molecule has 0 atom stereocenters. The summed E-state index contributed by atoms with van der Waals surface area (Å²) in [4.78, 5) is 4.22. The number of hydrogen-bond donors (Lipinski definition) is 2. The van der Waals surface area contributed by atoms with E-state index in [1.165, 1.54) is 0 Å². The van der Waals surface area contributed by atoms with Gasteiger partial charge in [-0.1, -0.05) is 12.1 Å². The summed E-state index contributed by atoms with van der Waals surface area (Å²) >= 11 is 0. The lowest BCUT2D eigenvalue weighted by Gasteiger charge is -2.04. The first-order chi connectivity index (χ1) is 6.74. The zero-order chi connectivity index (χ0) is 10.1. The van der Waals surface area contributed by atoms with Crippen LogP contribution in [0.2, 0.25) is 0 Å². The van der Waals surface area contributed by atoms with Gasteiger partial charge in [-0.15, -0.1) is 0 Å². The lowest BCUT2D eigenvalue weighted by atomic mass is 10.2. The monoisotopic (exact) mass is 191 g/mol. The van der Waals surface area contributed by atoms with Crippen LogP contribution in [0.4, 0.5) is 5.95 Å². The van der Waals surface area contributed by atoms with Crippen LogP contribution in [0.25, 0.3) is 11.0 Å². The van der Waals surface area contributed by atoms with Crippen LogP contribution in [0.5, 0.6) is 0 Å². The normalized spacial score (nSPS) is 11.0. The third-order valence-corrected chi connectivity index (χ3v) is 2.32. The molecule has 0 aliphatic rings. The van der Waals surface area contributed by atoms with Crippen molar-refractivity contribution >= 4 is 17.0 Å². The molecule has 74 valence electrons. The highest BCUT2D eigenvalue weighted by molar-refractivity contribution is 5.81. The highest BCUT2D eigenvalue weighted by atomic mass is 16.3. The molecule has 4 heteroatoms. The minimum absolute atomic E-state index is 0.0734. The zero-order valence-electron chi connectivity index (χ0n) is 8.07. The second-order valence-electron chi connectivity index (χ2n) is 3.29. The molecule has 2 rings (SSSR count). The molecular weight excluding hydrogens is 178 g/mol. The van der Waals surface area contributed by atoms with Gasteiger partial charge in [0.25, 0.3) is 0 Å². The van der Waals surface area contributed by atoms with Crippen LogP contribution < -0.4 is 5.73 Å². The Morgan fingerprint density at radius 2 is 2.29 bits per heavy atom. The third kappa shape index (κ3) is 1.24. The van der Waals surface area contributed by atoms with Gasteiger partial charge in [0.1, 0.15) is 0 Å². The Labute approximate surface area is 82.0 Å². The van der Waals surface area contributed by atoms with Gasteiger partial charge >= 0.3 is 0 Å². The second-order valence-corrected chi connectivity index (χ2v) is 3.29. The second kappa shape index (κ2) is 3.31. The first-order valence-electron chi connectivity index (χ1n) is 4.56. The van der Waals surface area contributed by atoms with Gasteiger partial charge in [-0.3, -0.25) is 0 Å². The number of nitrogen functional groups attached to an aromatic ring is 1. The number of hydrogen-bond acceptors (Lipinski definition) is 3. The maximum absolute atomic E-state index is 8.91. The predicted octanol–water partition coefficient (Wildman–Crippen LogP) is 0.919. The van der Waals surface area contributed by atoms with Crippen molar-refractivity contribution in [3.8, 4) is 0 Å². The zero-order valence-corrected chi connectivity index (χ0v) is 8.07. The number of aliphatic hydroxyl groups excluding tert-OH is 1. The summed E-state index contributed by atoms with van der Waals surface area (Å²) in [7, 11) is 0. The van der Waals surface area contributed by atoms with Gasteiger partial charge in [-0.2, -0.15) is 0 Å². The first-order valence-corrected chi connectivity index (χ1v) is 4.56. The number of nitrogens with two attached hydrogens (primary N) is 1. The van der Waals surface area contributed by atoms with Gasteiger partial charge in [0.15, 0.2) is 0 Å². The van der Waals surface area contributed by atoms with Crippen molar-refractivity contribution < 1.29 is 5.11 Å². The number of para-hydroxylation sites is 1. The Morgan fingerprint density at radius 1 is 1.50 bits per heavy atom. The maximum atomic E-state index is 8.91. The van der Waals surface area contributed by atoms with Gasteiger partial charge in [0.2, 0.25) is 5.95 Å². The lowest BCUT2D eigenvalue weighted by Crippen LogP contribution is -2.06. The van der Waals surface area contributed by atoms with Crippen LogP contribution in [-0.4, -0.2) is 21.3 Å². The van der Waals surface area contributed by atoms with E-state index in [2.05, 4.69) is 4.98 Å². The number of anilines is 1. The molecule has 1 aromatic carbocycles. The quantitative estimate of drug-likeness (QED) is 0.741. The number of aryl methyl sites for hydroxylation is 1. The Hall–Kier alpha value is -1.55. The molecule has 14 heavy (non-hydrogen) atoms. The molecule has 0 fully saturated rings. The van der Waals surface area contributed by atoms with Crippen molar-refractivity contribution in [3.63, 3.8) is 0 Å². The van der Waals surface area contributed by atoms with E-state index in [1.54, 1.807) is 0 Å². The summed E-state index contributed by atoms with van der Waals surface area (Å²) in [5, 5.41) is 8.91. The Kier molecular flexibility index (Phi) is 2.13. The van der Waals surface area contributed by atoms with Crippen LogP contribution in [0.15, 0.2) is 18.2 Å². The molecular formula is C10H13N3O. The molecule has 0 unspecified atom stereocenters. The maximum Gasteiger partial charge on any atom is 0.201 e. The Morgan fingerprint density at radius 3 is 3.00 bits per heavy atom. The third-order valence-electron chi connectivity index (χ3n) is 2.32. The first kappa shape index (κ1) is 9.02. The Balaban J connectivity index is 2.73. The molecule has 0 bridgehead atoms. The molecule has 0 saturated carbocycles. The van der Waals surface area contributed by atoms with E-state index >= 15 is 0 Å². The summed E-state index contributed by atoms with van der Waals surface area (Å²) in [6.07, 6.45) is 0. The molecule has 1 heterocycles.